The third-order valence-corrected chi connectivity index (χ3v) is 4.07. The van der Waals surface area contributed by atoms with Gasteiger partial charge in [-0.15, -0.1) is 5.10 Å². The summed E-state index contributed by atoms with van der Waals surface area (Å²) in [6.45, 7) is 2.86. The first-order valence-electron chi connectivity index (χ1n) is 8.70. The van der Waals surface area contributed by atoms with Crippen molar-refractivity contribution in [3.05, 3.63) is 65.9 Å². The number of benzene rings is 2. The van der Waals surface area contributed by atoms with Gasteiger partial charge in [-0.1, -0.05) is 37.3 Å². The highest BCUT2D eigenvalue weighted by Crippen LogP contribution is 2.18. The molecule has 2 aromatic carbocycles. The van der Waals surface area contributed by atoms with Crippen molar-refractivity contribution in [2.45, 2.75) is 19.8 Å². The molecule has 3 rings (SSSR count). The summed E-state index contributed by atoms with van der Waals surface area (Å²) in [6, 6.07) is 16.2. The first-order valence-corrected chi connectivity index (χ1v) is 8.70. The van der Waals surface area contributed by atoms with E-state index in [2.05, 4.69) is 50.9 Å². The van der Waals surface area contributed by atoms with Gasteiger partial charge in [0.05, 0.1) is 13.3 Å². The van der Waals surface area contributed by atoms with Crippen molar-refractivity contribution in [2.24, 2.45) is 0 Å². The monoisotopic (exact) mass is 349 g/mol. The minimum Gasteiger partial charge on any atom is -0.496 e. The largest absolute Gasteiger partial charge is 0.496 e. The Balaban J connectivity index is 1.58. The maximum atomic E-state index is 5.37. The van der Waals surface area contributed by atoms with Crippen LogP contribution in [0.5, 0.6) is 5.75 Å². The molecule has 26 heavy (non-hydrogen) atoms. The van der Waals surface area contributed by atoms with E-state index in [4.69, 9.17) is 4.74 Å². The fourth-order valence-electron chi connectivity index (χ4n) is 2.63. The summed E-state index contributed by atoms with van der Waals surface area (Å²) in [5, 5.41) is 14.5. The van der Waals surface area contributed by atoms with Crippen LogP contribution in [0.3, 0.4) is 0 Å². The fourth-order valence-corrected chi connectivity index (χ4v) is 2.63. The van der Waals surface area contributed by atoms with E-state index in [1.54, 1.807) is 13.3 Å². The molecule has 1 heterocycles. The van der Waals surface area contributed by atoms with Crippen LogP contribution in [0.25, 0.3) is 0 Å². The number of hydrogen-bond acceptors (Lipinski definition) is 6. The summed E-state index contributed by atoms with van der Waals surface area (Å²) in [5.41, 5.74) is 3.38. The van der Waals surface area contributed by atoms with Crippen LogP contribution in [-0.4, -0.2) is 28.8 Å². The minimum absolute atomic E-state index is 0.469. The van der Waals surface area contributed by atoms with Crippen molar-refractivity contribution in [3.63, 3.8) is 0 Å². The standard InChI is InChI=1S/C20H23N5O/c1-3-15-8-10-17(11-9-15)23-20-24-19(14-22-25-20)21-13-12-16-6-4-5-7-18(16)26-2/h4-11,14H,3,12-13H2,1-2H3,(H2,21,23,24,25). The third-order valence-electron chi connectivity index (χ3n) is 4.07. The minimum atomic E-state index is 0.469. The van der Waals surface area contributed by atoms with E-state index < -0.39 is 0 Å². The van der Waals surface area contributed by atoms with Crippen LogP contribution in [0.1, 0.15) is 18.1 Å². The predicted molar refractivity (Wildman–Crippen MR) is 104 cm³/mol. The lowest BCUT2D eigenvalue weighted by molar-refractivity contribution is 0.410. The molecular formula is C20H23N5O. The maximum Gasteiger partial charge on any atom is 0.249 e. The predicted octanol–water partition coefficient (Wildman–Crippen LogP) is 3.84. The number of hydrogen-bond donors (Lipinski definition) is 2. The second-order valence-electron chi connectivity index (χ2n) is 5.83. The Hall–Kier alpha value is -3.15. The number of nitrogens with zero attached hydrogens (tertiary/aromatic N) is 3. The molecule has 6 heteroatoms. The van der Waals surface area contributed by atoms with Gasteiger partial charge in [-0.2, -0.15) is 10.1 Å². The molecular weight excluding hydrogens is 326 g/mol. The maximum absolute atomic E-state index is 5.37. The van der Waals surface area contributed by atoms with Crippen molar-refractivity contribution >= 4 is 17.5 Å². The molecule has 0 aliphatic rings. The topological polar surface area (TPSA) is 72.0 Å². The van der Waals surface area contributed by atoms with Gasteiger partial charge in [-0.25, -0.2) is 0 Å². The van der Waals surface area contributed by atoms with E-state index in [1.807, 2.05) is 30.3 Å². The SMILES string of the molecule is CCc1ccc(Nc2nncc(NCCc3ccccc3OC)n2)cc1. The zero-order valence-corrected chi connectivity index (χ0v) is 15.1. The molecule has 0 saturated heterocycles. The number of para-hydroxylation sites is 1. The number of nitrogens with one attached hydrogen (secondary N) is 2. The highest BCUT2D eigenvalue weighted by Gasteiger charge is 2.04. The van der Waals surface area contributed by atoms with Crippen LogP contribution in [0.2, 0.25) is 0 Å². The van der Waals surface area contributed by atoms with Crippen LogP contribution in [0, 0.1) is 0 Å². The van der Waals surface area contributed by atoms with Crippen molar-refractivity contribution in [3.8, 4) is 5.75 Å². The van der Waals surface area contributed by atoms with E-state index in [0.717, 1.165) is 36.4 Å². The number of ether oxygens (including phenoxy) is 1. The van der Waals surface area contributed by atoms with E-state index in [9.17, 15) is 0 Å². The molecule has 0 radical (unpaired) electrons. The highest BCUT2D eigenvalue weighted by atomic mass is 16.5. The quantitative estimate of drug-likeness (QED) is 0.644. The summed E-state index contributed by atoms with van der Waals surface area (Å²) in [5.74, 6) is 2.05. The van der Waals surface area contributed by atoms with Gasteiger partial charge in [0.2, 0.25) is 5.95 Å². The van der Waals surface area contributed by atoms with Gasteiger partial charge in [-0.3, -0.25) is 0 Å². The van der Waals surface area contributed by atoms with Crippen molar-refractivity contribution in [1.82, 2.24) is 15.2 Å². The Labute approximate surface area is 153 Å². The number of methoxy groups -OCH3 is 1. The first kappa shape index (κ1) is 17.7. The second kappa shape index (κ2) is 8.80. The Morgan fingerprint density at radius 1 is 1.04 bits per heavy atom. The summed E-state index contributed by atoms with van der Waals surface area (Å²) < 4.78 is 5.37. The lowest BCUT2D eigenvalue weighted by atomic mass is 10.1. The molecule has 0 atom stereocenters. The molecule has 0 unspecified atom stereocenters. The molecule has 0 aliphatic heterocycles. The summed E-state index contributed by atoms with van der Waals surface area (Å²) in [4.78, 5) is 4.46. The Bertz CT molecular complexity index is 836. The lowest BCUT2D eigenvalue weighted by Crippen LogP contribution is -2.09. The van der Waals surface area contributed by atoms with E-state index in [0.29, 0.717) is 11.8 Å². The smallest absolute Gasteiger partial charge is 0.249 e. The van der Waals surface area contributed by atoms with E-state index in [1.165, 1.54) is 5.56 Å². The molecule has 134 valence electrons. The van der Waals surface area contributed by atoms with Crippen molar-refractivity contribution in [2.75, 3.05) is 24.3 Å². The average Bonchev–Trinajstić information content (AvgIpc) is 2.69. The molecule has 1 aromatic heterocycles. The second-order valence-corrected chi connectivity index (χ2v) is 5.83. The van der Waals surface area contributed by atoms with Crippen LogP contribution >= 0.6 is 0 Å². The Morgan fingerprint density at radius 2 is 1.85 bits per heavy atom. The molecule has 6 nitrogen and oxygen atoms in total. The van der Waals surface area contributed by atoms with Crippen molar-refractivity contribution < 1.29 is 4.74 Å². The number of aryl methyl sites for hydroxylation is 1. The summed E-state index contributed by atoms with van der Waals surface area (Å²) in [7, 11) is 1.69. The number of rotatable bonds is 8. The number of aromatic nitrogens is 3. The van der Waals surface area contributed by atoms with Gasteiger partial charge in [-0.05, 0) is 42.2 Å². The van der Waals surface area contributed by atoms with Crippen LogP contribution in [0.4, 0.5) is 17.5 Å². The summed E-state index contributed by atoms with van der Waals surface area (Å²) in [6.07, 6.45) is 3.47. The van der Waals surface area contributed by atoms with Gasteiger partial charge in [0.1, 0.15) is 5.75 Å². The van der Waals surface area contributed by atoms with E-state index >= 15 is 0 Å². The average molecular weight is 349 g/mol. The Morgan fingerprint density at radius 3 is 2.62 bits per heavy atom. The zero-order valence-electron chi connectivity index (χ0n) is 15.1. The first-order chi connectivity index (χ1) is 12.8. The molecule has 0 saturated carbocycles. The van der Waals surface area contributed by atoms with Gasteiger partial charge in [0.15, 0.2) is 5.82 Å². The normalized spacial score (nSPS) is 10.4. The Kier molecular flexibility index (Phi) is 5.98. The van der Waals surface area contributed by atoms with Crippen LogP contribution in [-0.2, 0) is 12.8 Å². The number of anilines is 3. The van der Waals surface area contributed by atoms with Crippen LogP contribution < -0.4 is 15.4 Å². The molecule has 0 amide bonds. The van der Waals surface area contributed by atoms with Crippen LogP contribution in [0.15, 0.2) is 54.7 Å². The van der Waals surface area contributed by atoms with Gasteiger partial charge >= 0.3 is 0 Å². The lowest BCUT2D eigenvalue weighted by Gasteiger charge is -2.10. The molecule has 0 fully saturated rings. The molecule has 3 aromatic rings. The zero-order chi connectivity index (χ0) is 18.2. The van der Waals surface area contributed by atoms with Gasteiger partial charge in [0.25, 0.3) is 0 Å². The summed E-state index contributed by atoms with van der Waals surface area (Å²) >= 11 is 0. The van der Waals surface area contributed by atoms with Crippen molar-refractivity contribution in [1.29, 1.82) is 0 Å². The molecule has 0 spiro atoms. The molecule has 0 bridgehead atoms. The van der Waals surface area contributed by atoms with Gasteiger partial charge < -0.3 is 15.4 Å². The van der Waals surface area contributed by atoms with Gasteiger partial charge in [0, 0.05) is 12.2 Å². The highest BCUT2D eigenvalue weighted by molar-refractivity contribution is 5.54. The third kappa shape index (κ3) is 4.69. The molecule has 2 N–H and O–H groups in total. The fraction of sp³-hybridized carbons (Fsp3) is 0.250. The molecule has 0 aliphatic carbocycles. The van der Waals surface area contributed by atoms with E-state index in [-0.39, 0.29) is 0 Å².